The molecule has 0 saturated heterocycles. The summed E-state index contributed by atoms with van der Waals surface area (Å²) in [6.07, 6.45) is 7.61. The van der Waals surface area contributed by atoms with Crippen molar-refractivity contribution in [2.45, 2.75) is 50.7 Å². The first-order chi connectivity index (χ1) is 11.1. The fourth-order valence-electron chi connectivity index (χ4n) is 2.87. The van der Waals surface area contributed by atoms with Gasteiger partial charge < -0.3 is 16.0 Å². The smallest absolute Gasteiger partial charge is 0.315 e. The van der Waals surface area contributed by atoms with E-state index in [1.807, 2.05) is 16.9 Å². The molecule has 0 unspecified atom stereocenters. The molecular weight excluding hydrogens is 301 g/mol. The van der Waals surface area contributed by atoms with Crippen LogP contribution in [0.1, 0.15) is 38.6 Å². The van der Waals surface area contributed by atoms with E-state index in [0.29, 0.717) is 0 Å². The second-order valence-corrected chi connectivity index (χ2v) is 5.76. The number of halogens is 1. The van der Waals surface area contributed by atoms with Crippen molar-refractivity contribution in [3.63, 3.8) is 0 Å². The third kappa shape index (κ3) is 4.94. The highest BCUT2D eigenvalue weighted by Crippen LogP contribution is 2.27. The highest BCUT2D eigenvalue weighted by molar-refractivity contribution is 5.86. The maximum atomic E-state index is 12.1. The first-order valence-corrected chi connectivity index (χ1v) is 8.01. The Labute approximate surface area is 135 Å². The van der Waals surface area contributed by atoms with E-state index in [1.54, 1.807) is 13.1 Å². The lowest BCUT2D eigenvalue weighted by atomic mass is 9.90. The average Bonchev–Trinajstić information content (AvgIpc) is 3.07. The Morgan fingerprint density at radius 3 is 2.87 bits per heavy atom. The fourth-order valence-corrected chi connectivity index (χ4v) is 2.87. The van der Waals surface area contributed by atoms with Gasteiger partial charge in [0.15, 0.2) is 0 Å². The van der Waals surface area contributed by atoms with Crippen LogP contribution in [0.15, 0.2) is 18.5 Å². The molecule has 0 spiro atoms. The number of nitrogens with one attached hydrogen (secondary N) is 3. The molecule has 8 heteroatoms. The molecule has 0 aliphatic heterocycles. The molecule has 2 rings (SSSR count). The lowest BCUT2D eigenvalue weighted by Crippen LogP contribution is -2.53. The van der Waals surface area contributed by atoms with Gasteiger partial charge in [-0.05, 0) is 25.8 Å². The van der Waals surface area contributed by atoms with Crippen molar-refractivity contribution in [1.29, 1.82) is 0 Å². The lowest BCUT2D eigenvalue weighted by molar-refractivity contribution is -0.122. The molecule has 3 amide bonds. The van der Waals surface area contributed by atoms with E-state index in [-0.39, 0.29) is 18.6 Å². The summed E-state index contributed by atoms with van der Waals surface area (Å²) in [7, 11) is 0. The maximum absolute atomic E-state index is 12.1. The molecule has 128 valence electrons. The number of hydrogen-bond donors (Lipinski definition) is 3. The molecule has 0 bridgehead atoms. The van der Waals surface area contributed by atoms with Crippen molar-refractivity contribution in [2.75, 3.05) is 13.2 Å². The standard InChI is InChI=1S/C15H24FN5O2/c1-11(14(22)17-9-7-16)19-15(23)20-12-5-2-3-6-13(12)21-10-4-8-18-21/h4,8,10-13H,2-3,5-7,9H2,1H3,(H,17,22)(H2,19,20,23)/t11-,12+,13+/m0/s1. The van der Waals surface area contributed by atoms with Crippen molar-refractivity contribution in [2.24, 2.45) is 0 Å². The molecule has 0 aromatic carbocycles. The molecule has 23 heavy (non-hydrogen) atoms. The second kappa shape index (κ2) is 8.50. The van der Waals surface area contributed by atoms with Crippen LogP contribution < -0.4 is 16.0 Å². The number of nitrogens with zero attached hydrogens (tertiary/aromatic N) is 2. The van der Waals surface area contributed by atoms with Crippen molar-refractivity contribution >= 4 is 11.9 Å². The van der Waals surface area contributed by atoms with Gasteiger partial charge in [-0.1, -0.05) is 12.8 Å². The number of alkyl halides is 1. The van der Waals surface area contributed by atoms with Crippen LogP contribution in [0.5, 0.6) is 0 Å². The van der Waals surface area contributed by atoms with E-state index in [2.05, 4.69) is 21.0 Å². The SMILES string of the molecule is C[C@H](NC(=O)N[C@@H]1CCCC[C@H]1n1cccn1)C(=O)NCCF. The Morgan fingerprint density at radius 2 is 2.17 bits per heavy atom. The van der Waals surface area contributed by atoms with Crippen molar-refractivity contribution in [3.8, 4) is 0 Å². The third-order valence-electron chi connectivity index (χ3n) is 4.05. The Morgan fingerprint density at radius 1 is 1.39 bits per heavy atom. The summed E-state index contributed by atoms with van der Waals surface area (Å²) in [6.45, 7) is 0.897. The van der Waals surface area contributed by atoms with Crippen LogP contribution in [0.2, 0.25) is 0 Å². The molecule has 1 aliphatic rings. The van der Waals surface area contributed by atoms with E-state index in [9.17, 15) is 14.0 Å². The summed E-state index contributed by atoms with van der Waals surface area (Å²) >= 11 is 0. The van der Waals surface area contributed by atoms with Gasteiger partial charge in [0.25, 0.3) is 0 Å². The van der Waals surface area contributed by atoms with Crippen LogP contribution in [-0.4, -0.2) is 47.0 Å². The van der Waals surface area contributed by atoms with E-state index >= 15 is 0 Å². The molecule has 1 aromatic rings. The maximum Gasteiger partial charge on any atom is 0.315 e. The summed E-state index contributed by atoms with van der Waals surface area (Å²) in [5.74, 6) is -0.398. The monoisotopic (exact) mass is 325 g/mol. The number of amides is 3. The number of rotatable bonds is 6. The van der Waals surface area contributed by atoms with Crippen molar-refractivity contribution in [3.05, 3.63) is 18.5 Å². The normalized spacial score (nSPS) is 22.2. The number of carbonyl (C=O) groups is 2. The van der Waals surface area contributed by atoms with E-state index in [0.717, 1.165) is 25.7 Å². The first-order valence-electron chi connectivity index (χ1n) is 8.01. The van der Waals surface area contributed by atoms with Crippen LogP contribution in [0, 0.1) is 0 Å². The largest absolute Gasteiger partial charge is 0.352 e. The predicted molar refractivity (Wildman–Crippen MR) is 83.6 cm³/mol. The van der Waals surface area contributed by atoms with Gasteiger partial charge in [0, 0.05) is 18.9 Å². The zero-order chi connectivity index (χ0) is 16.7. The molecule has 0 radical (unpaired) electrons. The number of carbonyl (C=O) groups excluding carboxylic acids is 2. The third-order valence-corrected chi connectivity index (χ3v) is 4.05. The number of aromatic nitrogens is 2. The molecule has 3 N–H and O–H groups in total. The van der Waals surface area contributed by atoms with Crippen LogP contribution in [0.3, 0.4) is 0 Å². The molecular formula is C15H24FN5O2. The van der Waals surface area contributed by atoms with Crippen molar-refractivity contribution < 1.29 is 14.0 Å². The molecule has 1 heterocycles. The van der Waals surface area contributed by atoms with Gasteiger partial charge in [-0.25, -0.2) is 9.18 Å². The highest BCUT2D eigenvalue weighted by Gasteiger charge is 2.28. The van der Waals surface area contributed by atoms with Crippen molar-refractivity contribution in [1.82, 2.24) is 25.7 Å². The Balaban J connectivity index is 1.86. The average molecular weight is 325 g/mol. The zero-order valence-electron chi connectivity index (χ0n) is 13.3. The van der Waals surface area contributed by atoms with Gasteiger partial charge in [-0.2, -0.15) is 5.10 Å². The molecule has 1 fully saturated rings. The molecule has 3 atom stereocenters. The van der Waals surface area contributed by atoms with Gasteiger partial charge in [-0.3, -0.25) is 9.48 Å². The number of hydrogen-bond acceptors (Lipinski definition) is 3. The Bertz CT molecular complexity index is 508. The van der Waals surface area contributed by atoms with Gasteiger partial charge >= 0.3 is 6.03 Å². The predicted octanol–water partition coefficient (Wildman–Crippen LogP) is 1.14. The Kier molecular flexibility index (Phi) is 6.37. The summed E-state index contributed by atoms with van der Waals surface area (Å²) in [5.41, 5.74) is 0. The van der Waals surface area contributed by atoms with Crippen LogP contribution in [0.25, 0.3) is 0 Å². The highest BCUT2D eigenvalue weighted by atomic mass is 19.1. The van der Waals surface area contributed by atoms with Crippen LogP contribution >= 0.6 is 0 Å². The minimum atomic E-state index is -0.715. The van der Waals surface area contributed by atoms with E-state index in [1.165, 1.54) is 0 Å². The van der Waals surface area contributed by atoms with Crippen LogP contribution in [0.4, 0.5) is 9.18 Å². The minimum absolute atomic E-state index is 0.0234. The minimum Gasteiger partial charge on any atom is -0.352 e. The van der Waals surface area contributed by atoms with E-state index in [4.69, 9.17) is 0 Å². The summed E-state index contributed by atoms with van der Waals surface area (Å²) in [4.78, 5) is 23.8. The summed E-state index contributed by atoms with van der Waals surface area (Å²) in [5, 5.41) is 12.2. The fraction of sp³-hybridized carbons (Fsp3) is 0.667. The molecule has 1 saturated carbocycles. The van der Waals surface area contributed by atoms with E-state index < -0.39 is 24.7 Å². The van der Waals surface area contributed by atoms with Gasteiger partial charge in [0.1, 0.15) is 12.7 Å². The van der Waals surface area contributed by atoms with Gasteiger partial charge in [0.2, 0.25) is 5.91 Å². The number of urea groups is 1. The van der Waals surface area contributed by atoms with Gasteiger partial charge in [0.05, 0.1) is 12.1 Å². The molecule has 7 nitrogen and oxygen atoms in total. The second-order valence-electron chi connectivity index (χ2n) is 5.76. The quantitative estimate of drug-likeness (QED) is 0.733. The van der Waals surface area contributed by atoms with Crippen LogP contribution in [-0.2, 0) is 4.79 Å². The topological polar surface area (TPSA) is 88.1 Å². The molecule has 1 aromatic heterocycles. The zero-order valence-corrected chi connectivity index (χ0v) is 13.3. The summed E-state index contributed by atoms with van der Waals surface area (Å²) in [6, 6.07) is 0.860. The van der Waals surface area contributed by atoms with Gasteiger partial charge in [-0.15, -0.1) is 0 Å². The lowest BCUT2D eigenvalue weighted by Gasteiger charge is -2.32. The first kappa shape index (κ1) is 17.2. The summed E-state index contributed by atoms with van der Waals surface area (Å²) < 4.78 is 13.9. The molecule has 1 aliphatic carbocycles. The Hall–Kier alpha value is -2.12.